The van der Waals surface area contributed by atoms with E-state index in [9.17, 15) is 14.4 Å². The molecule has 1 atom stereocenters. The van der Waals surface area contributed by atoms with Crippen LogP contribution >= 0.6 is 11.6 Å². The van der Waals surface area contributed by atoms with Crippen molar-refractivity contribution in [2.45, 2.75) is 51.5 Å². The summed E-state index contributed by atoms with van der Waals surface area (Å²) in [6.07, 6.45) is 0.290. The van der Waals surface area contributed by atoms with E-state index in [-0.39, 0.29) is 18.6 Å². The van der Waals surface area contributed by atoms with Gasteiger partial charge in [-0.3, -0.25) is 14.4 Å². The van der Waals surface area contributed by atoms with E-state index < -0.39 is 28.1 Å². The summed E-state index contributed by atoms with van der Waals surface area (Å²) in [5, 5.41) is 4.76. The molecule has 2 amide bonds. The van der Waals surface area contributed by atoms with E-state index >= 15 is 0 Å². The van der Waals surface area contributed by atoms with Gasteiger partial charge >= 0.3 is 0 Å². The Morgan fingerprint density at radius 3 is 2.21 bits per heavy atom. The third-order valence-corrected chi connectivity index (χ3v) is 4.88. The molecule has 2 rings (SSSR count). The molecule has 6 heteroatoms. The standard InChI is InChI=1S/C22H27ClN2O3/c1-21(2,23)13-18(26)22(3,4)20(28)25-17(19(24)27)12-14-9-10-15-7-5-6-8-16(15)11-14/h5-11,17H,12-13H2,1-4H3,(H2,24,27)(H,25,28). The molecule has 0 fully saturated rings. The predicted octanol–water partition coefficient (Wildman–Crippen LogP) is 3.36. The van der Waals surface area contributed by atoms with Crippen molar-refractivity contribution < 1.29 is 14.4 Å². The van der Waals surface area contributed by atoms with Crippen LogP contribution in [0.5, 0.6) is 0 Å². The van der Waals surface area contributed by atoms with Crippen LogP contribution in [0.3, 0.4) is 0 Å². The average molecular weight is 403 g/mol. The number of hydrogen-bond acceptors (Lipinski definition) is 3. The minimum absolute atomic E-state index is 0.0425. The monoisotopic (exact) mass is 402 g/mol. The van der Waals surface area contributed by atoms with Gasteiger partial charge in [0.05, 0.1) is 0 Å². The molecule has 150 valence electrons. The molecule has 0 radical (unpaired) electrons. The molecule has 28 heavy (non-hydrogen) atoms. The molecule has 1 unspecified atom stereocenters. The zero-order valence-corrected chi connectivity index (χ0v) is 17.5. The lowest BCUT2D eigenvalue weighted by molar-refractivity contribution is -0.142. The quantitative estimate of drug-likeness (QED) is 0.524. The van der Waals surface area contributed by atoms with Gasteiger partial charge in [0.25, 0.3) is 0 Å². The van der Waals surface area contributed by atoms with E-state index in [1.165, 1.54) is 13.8 Å². The molecule has 0 aliphatic carbocycles. The van der Waals surface area contributed by atoms with Crippen molar-refractivity contribution >= 4 is 40.0 Å². The number of alkyl halides is 1. The van der Waals surface area contributed by atoms with Crippen molar-refractivity contribution in [2.75, 3.05) is 0 Å². The van der Waals surface area contributed by atoms with Crippen LogP contribution in [-0.4, -0.2) is 28.5 Å². The van der Waals surface area contributed by atoms with E-state index in [1.807, 2.05) is 42.5 Å². The topological polar surface area (TPSA) is 89.3 Å². The summed E-state index contributed by atoms with van der Waals surface area (Å²) in [5.74, 6) is -1.48. The summed E-state index contributed by atoms with van der Waals surface area (Å²) in [6.45, 7) is 6.49. The minimum atomic E-state index is -1.32. The number of rotatable bonds is 8. The fraction of sp³-hybridized carbons (Fsp3) is 0.409. The highest BCUT2D eigenvalue weighted by molar-refractivity contribution is 6.25. The van der Waals surface area contributed by atoms with E-state index in [0.29, 0.717) is 0 Å². The Balaban J connectivity index is 2.16. The van der Waals surface area contributed by atoms with Gasteiger partial charge in [0.1, 0.15) is 17.2 Å². The first-order valence-corrected chi connectivity index (χ1v) is 9.58. The van der Waals surface area contributed by atoms with Gasteiger partial charge in [-0.25, -0.2) is 0 Å². The highest BCUT2D eigenvalue weighted by Gasteiger charge is 2.39. The number of halogens is 1. The van der Waals surface area contributed by atoms with Crippen molar-refractivity contribution in [3.05, 3.63) is 48.0 Å². The van der Waals surface area contributed by atoms with E-state index in [0.717, 1.165) is 16.3 Å². The van der Waals surface area contributed by atoms with Gasteiger partial charge in [-0.2, -0.15) is 0 Å². The summed E-state index contributed by atoms with van der Waals surface area (Å²) >= 11 is 6.12. The van der Waals surface area contributed by atoms with Gasteiger partial charge in [-0.05, 0) is 44.0 Å². The Morgan fingerprint density at radius 2 is 1.64 bits per heavy atom. The highest BCUT2D eigenvalue weighted by Crippen LogP contribution is 2.27. The first kappa shape index (κ1) is 21.9. The number of Topliss-reactive ketones (excluding diaryl/α,β-unsaturated/α-hetero) is 1. The number of carbonyl (C=O) groups is 3. The molecule has 2 aromatic rings. The van der Waals surface area contributed by atoms with Gasteiger partial charge in [0.15, 0.2) is 0 Å². The molecule has 0 aliphatic rings. The summed E-state index contributed by atoms with van der Waals surface area (Å²) in [7, 11) is 0. The van der Waals surface area contributed by atoms with Crippen LogP contribution in [0.15, 0.2) is 42.5 Å². The normalized spacial score (nSPS) is 13.2. The Hall–Kier alpha value is -2.40. The highest BCUT2D eigenvalue weighted by atomic mass is 35.5. The zero-order chi connectivity index (χ0) is 21.1. The first-order chi connectivity index (χ1) is 12.9. The van der Waals surface area contributed by atoms with E-state index in [4.69, 9.17) is 17.3 Å². The molecule has 5 nitrogen and oxygen atoms in total. The molecule has 0 spiro atoms. The molecule has 0 saturated carbocycles. The van der Waals surface area contributed by atoms with Crippen molar-refractivity contribution in [3.63, 3.8) is 0 Å². The number of fused-ring (bicyclic) bond motifs is 1. The Bertz CT molecular complexity index is 900. The van der Waals surface area contributed by atoms with E-state index in [1.54, 1.807) is 13.8 Å². The van der Waals surface area contributed by atoms with Crippen LogP contribution in [-0.2, 0) is 20.8 Å². The third-order valence-electron chi connectivity index (χ3n) is 4.75. The Kier molecular flexibility index (Phi) is 6.50. The van der Waals surface area contributed by atoms with Crippen LogP contribution < -0.4 is 11.1 Å². The number of amides is 2. The van der Waals surface area contributed by atoms with Crippen LogP contribution in [0.25, 0.3) is 10.8 Å². The molecular weight excluding hydrogens is 376 g/mol. The van der Waals surface area contributed by atoms with Crippen molar-refractivity contribution in [2.24, 2.45) is 11.1 Å². The summed E-state index contributed by atoms with van der Waals surface area (Å²) in [5.41, 5.74) is 5.06. The third kappa shape index (κ3) is 5.55. The van der Waals surface area contributed by atoms with Crippen LogP contribution in [0.2, 0.25) is 0 Å². The second-order valence-electron chi connectivity index (χ2n) is 8.26. The van der Waals surface area contributed by atoms with Crippen molar-refractivity contribution in [3.8, 4) is 0 Å². The van der Waals surface area contributed by atoms with Gasteiger partial charge in [0.2, 0.25) is 11.8 Å². The maximum absolute atomic E-state index is 12.7. The SMILES string of the molecule is CC(C)(Cl)CC(=O)C(C)(C)C(=O)NC(Cc1ccc2ccccc2c1)C(N)=O. The lowest BCUT2D eigenvalue weighted by atomic mass is 9.82. The lowest BCUT2D eigenvalue weighted by Crippen LogP contribution is -2.52. The van der Waals surface area contributed by atoms with Gasteiger partial charge in [-0.15, -0.1) is 11.6 Å². The van der Waals surface area contributed by atoms with Crippen LogP contribution in [0, 0.1) is 5.41 Å². The maximum atomic E-state index is 12.7. The lowest BCUT2D eigenvalue weighted by Gasteiger charge is -2.27. The molecule has 0 aliphatic heterocycles. The van der Waals surface area contributed by atoms with Crippen LogP contribution in [0.1, 0.15) is 39.7 Å². The number of benzene rings is 2. The number of ketones is 1. The number of nitrogens with two attached hydrogens (primary N) is 1. The average Bonchev–Trinajstić information content (AvgIpc) is 2.59. The Morgan fingerprint density at radius 1 is 1.04 bits per heavy atom. The van der Waals surface area contributed by atoms with Gasteiger partial charge in [-0.1, -0.05) is 42.5 Å². The first-order valence-electron chi connectivity index (χ1n) is 9.20. The largest absolute Gasteiger partial charge is 0.368 e. The zero-order valence-electron chi connectivity index (χ0n) is 16.7. The number of carbonyl (C=O) groups excluding carboxylic acids is 3. The second kappa shape index (κ2) is 8.31. The fourth-order valence-electron chi connectivity index (χ4n) is 2.89. The Labute approximate surface area is 170 Å². The fourth-order valence-corrected chi connectivity index (χ4v) is 3.01. The van der Waals surface area contributed by atoms with Crippen LogP contribution in [0.4, 0.5) is 0 Å². The van der Waals surface area contributed by atoms with Crippen molar-refractivity contribution in [1.82, 2.24) is 5.32 Å². The molecular formula is C22H27ClN2O3. The molecule has 0 heterocycles. The maximum Gasteiger partial charge on any atom is 0.240 e. The predicted molar refractivity (Wildman–Crippen MR) is 112 cm³/mol. The van der Waals surface area contributed by atoms with Crippen molar-refractivity contribution in [1.29, 1.82) is 0 Å². The summed E-state index contributed by atoms with van der Waals surface area (Å²) in [4.78, 5) is 36.4. The minimum Gasteiger partial charge on any atom is -0.368 e. The van der Waals surface area contributed by atoms with Gasteiger partial charge in [0, 0.05) is 17.7 Å². The molecule has 0 bridgehead atoms. The van der Waals surface area contributed by atoms with Gasteiger partial charge < -0.3 is 11.1 Å². The number of hydrogen-bond donors (Lipinski definition) is 2. The molecule has 3 N–H and O–H groups in total. The molecule has 0 saturated heterocycles. The number of nitrogens with one attached hydrogen (secondary N) is 1. The van der Waals surface area contributed by atoms with E-state index in [2.05, 4.69) is 5.32 Å². The molecule has 0 aromatic heterocycles. The number of primary amides is 1. The molecule has 2 aromatic carbocycles. The smallest absolute Gasteiger partial charge is 0.240 e. The summed E-state index contributed by atoms with van der Waals surface area (Å²) in [6, 6.07) is 12.8. The summed E-state index contributed by atoms with van der Waals surface area (Å²) < 4.78 is 0. The second-order valence-corrected chi connectivity index (χ2v) is 9.28.